The van der Waals surface area contributed by atoms with Crippen molar-refractivity contribution in [3.05, 3.63) is 0 Å². The van der Waals surface area contributed by atoms with Crippen molar-refractivity contribution in [1.29, 1.82) is 0 Å². The van der Waals surface area contributed by atoms with Gasteiger partial charge in [-0.25, -0.2) is 0 Å². The van der Waals surface area contributed by atoms with Crippen molar-refractivity contribution in [3.63, 3.8) is 0 Å². The number of nitrogens with zero attached hydrogens (tertiary/aromatic N) is 3. The van der Waals surface area contributed by atoms with Crippen LogP contribution < -0.4 is 0 Å². The largest absolute Gasteiger partial charge is 0.339 e. The number of hydrogen-bond donors (Lipinski definition) is 0. The molecular formula is C13H25N3O. The molecular weight excluding hydrogens is 214 g/mol. The summed E-state index contributed by atoms with van der Waals surface area (Å²) in [4.78, 5) is 18.7. The number of fused-ring (bicyclic) bond motifs is 1. The molecule has 2 heterocycles. The fraction of sp³-hybridized carbons (Fsp3) is 0.923. The molecule has 0 spiro atoms. The number of rotatable bonds is 1. The Balaban J connectivity index is 2.12. The van der Waals surface area contributed by atoms with Crippen molar-refractivity contribution in [3.8, 4) is 0 Å². The predicted molar refractivity (Wildman–Crippen MR) is 68.9 cm³/mol. The zero-order valence-electron chi connectivity index (χ0n) is 11.6. The normalized spacial score (nSPS) is 30.1. The minimum Gasteiger partial charge on any atom is -0.339 e. The molecule has 4 heteroatoms. The van der Waals surface area contributed by atoms with Crippen molar-refractivity contribution in [1.82, 2.24) is 14.7 Å². The zero-order chi connectivity index (χ0) is 12.6. The fourth-order valence-electron chi connectivity index (χ4n) is 3.28. The van der Waals surface area contributed by atoms with Gasteiger partial charge in [-0.3, -0.25) is 9.69 Å². The molecule has 1 unspecified atom stereocenters. The first-order valence-electron chi connectivity index (χ1n) is 6.68. The molecule has 2 fully saturated rings. The topological polar surface area (TPSA) is 26.8 Å². The number of carbonyl (C=O) groups excluding carboxylic acids is 1. The molecule has 2 rings (SSSR count). The van der Waals surface area contributed by atoms with Crippen LogP contribution in [0.1, 0.15) is 27.7 Å². The molecule has 2 aliphatic heterocycles. The van der Waals surface area contributed by atoms with Crippen LogP contribution in [0.4, 0.5) is 0 Å². The van der Waals surface area contributed by atoms with Crippen LogP contribution in [0.25, 0.3) is 0 Å². The number of hydrogen-bond acceptors (Lipinski definition) is 3. The summed E-state index contributed by atoms with van der Waals surface area (Å²) in [6.45, 7) is 14.7. The molecule has 4 nitrogen and oxygen atoms in total. The van der Waals surface area contributed by atoms with Gasteiger partial charge in [-0.05, 0) is 20.4 Å². The van der Waals surface area contributed by atoms with Gasteiger partial charge in [0.05, 0.1) is 0 Å². The Hall–Kier alpha value is -0.610. The molecule has 1 atom stereocenters. The van der Waals surface area contributed by atoms with Gasteiger partial charge in [-0.15, -0.1) is 0 Å². The van der Waals surface area contributed by atoms with Crippen LogP contribution in [0, 0.1) is 0 Å². The van der Waals surface area contributed by atoms with Crippen LogP contribution in [0.15, 0.2) is 0 Å². The number of carbonyl (C=O) groups is 1. The van der Waals surface area contributed by atoms with E-state index in [4.69, 9.17) is 0 Å². The molecule has 17 heavy (non-hydrogen) atoms. The van der Waals surface area contributed by atoms with Gasteiger partial charge in [0.25, 0.3) is 0 Å². The first-order valence-corrected chi connectivity index (χ1v) is 6.68. The first-order chi connectivity index (χ1) is 7.94. The molecule has 0 saturated carbocycles. The van der Waals surface area contributed by atoms with Crippen LogP contribution in [0.5, 0.6) is 0 Å². The minimum atomic E-state index is 0.119. The van der Waals surface area contributed by atoms with Gasteiger partial charge in [0.1, 0.15) is 0 Å². The van der Waals surface area contributed by atoms with Gasteiger partial charge in [0.15, 0.2) is 0 Å². The summed E-state index contributed by atoms with van der Waals surface area (Å²) in [6.07, 6.45) is 0. The molecule has 0 bridgehead atoms. The summed E-state index contributed by atoms with van der Waals surface area (Å²) in [6, 6.07) is 0.511. The van der Waals surface area contributed by atoms with E-state index in [9.17, 15) is 4.79 Å². The van der Waals surface area contributed by atoms with Gasteiger partial charge in [-0.2, -0.15) is 0 Å². The highest BCUT2D eigenvalue weighted by atomic mass is 16.2. The Morgan fingerprint density at radius 1 is 1.29 bits per heavy atom. The lowest BCUT2D eigenvalue weighted by Crippen LogP contribution is -2.70. The smallest absolute Gasteiger partial charge is 0.219 e. The van der Waals surface area contributed by atoms with Gasteiger partial charge in [0.2, 0.25) is 5.91 Å². The molecule has 0 aromatic heterocycles. The number of piperazine rings is 2. The predicted octanol–water partition coefficient (Wildman–Crippen LogP) is 0.633. The lowest BCUT2D eigenvalue weighted by Gasteiger charge is -2.55. The highest BCUT2D eigenvalue weighted by Crippen LogP contribution is 2.27. The monoisotopic (exact) mass is 239 g/mol. The average molecular weight is 239 g/mol. The Morgan fingerprint density at radius 3 is 2.59 bits per heavy atom. The molecule has 2 aliphatic rings. The molecule has 0 radical (unpaired) electrons. The molecule has 0 aliphatic carbocycles. The van der Waals surface area contributed by atoms with E-state index in [0.29, 0.717) is 6.04 Å². The maximum absolute atomic E-state index is 11.6. The molecule has 2 saturated heterocycles. The maximum atomic E-state index is 11.6. The van der Waals surface area contributed by atoms with Gasteiger partial charge >= 0.3 is 0 Å². The van der Waals surface area contributed by atoms with Crippen LogP contribution in [0.3, 0.4) is 0 Å². The average Bonchev–Trinajstić information content (AvgIpc) is 2.27. The van der Waals surface area contributed by atoms with Gasteiger partial charge < -0.3 is 9.80 Å². The van der Waals surface area contributed by atoms with Crippen LogP contribution in [-0.2, 0) is 4.79 Å². The Kier molecular flexibility index (Phi) is 3.46. The van der Waals surface area contributed by atoms with E-state index in [1.54, 1.807) is 6.92 Å². The van der Waals surface area contributed by atoms with E-state index in [2.05, 4.69) is 30.6 Å². The summed E-state index contributed by atoms with van der Waals surface area (Å²) >= 11 is 0. The van der Waals surface area contributed by atoms with Crippen molar-refractivity contribution in [2.45, 2.75) is 39.3 Å². The van der Waals surface area contributed by atoms with E-state index < -0.39 is 0 Å². The van der Waals surface area contributed by atoms with E-state index in [-0.39, 0.29) is 11.4 Å². The summed E-state index contributed by atoms with van der Waals surface area (Å²) in [5.74, 6) is 0.214. The molecule has 0 aromatic carbocycles. The molecule has 0 N–H and O–H groups in total. The quantitative estimate of drug-likeness (QED) is 0.671. The van der Waals surface area contributed by atoms with Gasteiger partial charge in [0, 0.05) is 51.2 Å². The van der Waals surface area contributed by atoms with Crippen molar-refractivity contribution in [2.75, 3.05) is 39.3 Å². The third-order valence-corrected chi connectivity index (χ3v) is 4.25. The minimum absolute atomic E-state index is 0.119. The lowest BCUT2D eigenvalue weighted by molar-refractivity contribution is -0.139. The number of likely N-dealkylation sites (N-methyl/N-ethyl adjacent to an activating group) is 1. The molecule has 98 valence electrons. The third-order valence-electron chi connectivity index (χ3n) is 4.25. The summed E-state index contributed by atoms with van der Waals surface area (Å²) in [7, 11) is 0. The lowest BCUT2D eigenvalue weighted by atomic mass is 9.93. The van der Waals surface area contributed by atoms with Crippen molar-refractivity contribution in [2.24, 2.45) is 0 Å². The fourth-order valence-corrected chi connectivity index (χ4v) is 3.28. The van der Waals surface area contributed by atoms with Crippen LogP contribution in [-0.4, -0.2) is 71.5 Å². The van der Waals surface area contributed by atoms with Gasteiger partial charge in [-0.1, -0.05) is 6.92 Å². The third kappa shape index (κ3) is 2.47. The second-order valence-electron chi connectivity index (χ2n) is 5.95. The molecule has 0 aromatic rings. The summed E-state index contributed by atoms with van der Waals surface area (Å²) < 4.78 is 0. The first kappa shape index (κ1) is 12.8. The zero-order valence-corrected chi connectivity index (χ0v) is 11.6. The van der Waals surface area contributed by atoms with Crippen LogP contribution in [0.2, 0.25) is 0 Å². The maximum Gasteiger partial charge on any atom is 0.219 e. The molecule has 1 amide bonds. The van der Waals surface area contributed by atoms with E-state index in [1.807, 2.05) is 4.90 Å². The second kappa shape index (κ2) is 4.58. The Labute approximate surface area is 105 Å². The van der Waals surface area contributed by atoms with Crippen molar-refractivity contribution < 1.29 is 4.79 Å². The summed E-state index contributed by atoms with van der Waals surface area (Å²) in [5.41, 5.74) is 0.119. The SMILES string of the molecule is CCN1CCN2C(C1)CN(C(C)=O)CC2(C)C. The van der Waals surface area contributed by atoms with Crippen molar-refractivity contribution >= 4 is 5.91 Å². The Morgan fingerprint density at radius 2 is 2.00 bits per heavy atom. The summed E-state index contributed by atoms with van der Waals surface area (Å²) in [5, 5.41) is 0. The Bertz CT molecular complexity index is 303. The highest BCUT2D eigenvalue weighted by molar-refractivity contribution is 5.73. The van der Waals surface area contributed by atoms with E-state index in [0.717, 1.165) is 39.3 Å². The number of amides is 1. The van der Waals surface area contributed by atoms with Crippen LogP contribution >= 0.6 is 0 Å². The van der Waals surface area contributed by atoms with E-state index in [1.165, 1.54) is 0 Å². The van der Waals surface area contributed by atoms with E-state index >= 15 is 0 Å². The highest BCUT2D eigenvalue weighted by Gasteiger charge is 2.42. The standard InChI is InChI=1S/C13H25N3O/c1-5-14-6-7-16-12(8-14)9-15(11(2)17)10-13(16,3)4/h12H,5-10H2,1-4H3. The second-order valence-corrected chi connectivity index (χ2v) is 5.95.